The van der Waals surface area contributed by atoms with Crippen LogP contribution in [0.4, 0.5) is 9.18 Å². The SMILES string of the molecule is CC(c1ccc(F)cc1)N(C)C(=O)NC1CCCC1. The Morgan fingerprint density at radius 1 is 1.32 bits per heavy atom. The van der Waals surface area contributed by atoms with Gasteiger partial charge in [0, 0.05) is 13.1 Å². The lowest BCUT2D eigenvalue weighted by atomic mass is 10.1. The minimum Gasteiger partial charge on any atom is -0.335 e. The summed E-state index contributed by atoms with van der Waals surface area (Å²) in [5, 5.41) is 3.05. The summed E-state index contributed by atoms with van der Waals surface area (Å²) >= 11 is 0. The molecule has 1 atom stereocenters. The van der Waals surface area contributed by atoms with Crippen molar-refractivity contribution >= 4 is 6.03 Å². The molecule has 0 aliphatic heterocycles. The number of rotatable bonds is 3. The Morgan fingerprint density at radius 3 is 2.47 bits per heavy atom. The summed E-state index contributed by atoms with van der Waals surface area (Å²) < 4.78 is 12.9. The van der Waals surface area contributed by atoms with Crippen molar-refractivity contribution in [3.05, 3.63) is 35.6 Å². The molecule has 4 heteroatoms. The molecule has 0 spiro atoms. The first-order chi connectivity index (χ1) is 9.08. The van der Waals surface area contributed by atoms with Gasteiger partial charge in [-0.15, -0.1) is 0 Å². The minimum atomic E-state index is -0.256. The summed E-state index contributed by atoms with van der Waals surface area (Å²) in [6.07, 6.45) is 4.54. The number of nitrogens with one attached hydrogen (secondary N) is 1. The average molecular weight is 264 g/mol. The number of amides is 2. The number of carbonyl (C=O) groups is 1. The first kappa shape index (κ1) is 13.8. The van der Waals surface area contributed by atoms with Crippen LogP contribution in [-0.4, -0.2) is 24.0 Å². The van der Waals surface area contributed by atoms with Gasteiger partial charge >= 0.3 is 6.03 Å². The average Bonchev–Trinajstić information content (AvgIpc) is 2.90. The lowest BCUT2D eigenvalue weighted by Crippen LogP contribution is -2.43. The Kier molecular flexibility index (Phi) is 4.40. The van der Waals surface area contributed by atoms with E-state index in [1.54, 1.807) is 24.1 Å². The molecule has 1 saturated carbocycles. The van der Waals surface area contributed by atoms with E-state index >= 15 is 0 Å². The zero-order valence-corrected chi connectivity index (χ0v) is 11.5. The van der Waals surface area contributed by atoms with Gasteiger partial charge in [0.2, 0.25) is 0 Å². The standard InChI is InChI=1S/C15H21FN2O/c1-11(12-7-9-13(16)10-8-12)18(2)15(19)17-14-5-3-4-6-14/h7-11,14H,3-6H2,1-2H3,(H,17,19). The highest BCUT2D eigenvalue weighted by Gasteiger charge is 2.22. The molecule has 2 rings (SSSR count). The molecule has 1 fully saturated rings. The number of urea groups is 1. The highest BCUT2D eigenvalue weighted by Crippen LogP contribution is 2.21. The largest absolute Gasteiger partial charge is 0.335 e. The summed E-state index contributed by atoms with van der Waals surface area (Å²) in [6, 6.07) is 6.49. The molecule has 2 amide bonds. The molecule has 0 heterocycles. The molecule has 0 saturated heterocycles. The van der Waals surface area contributed by atoms with Crippen LogP contribution in [0, 0.1) is 5.82 Å². The lowest BCUT2D eigenvalue weighted by Gasteiger charge is -2.27. The molecule has 1 aromatic carbocycles. The minimum absolute atomic E-state index is 0.0521. The fourth-order valence-corrected chi connectivity index (χ4v) is 2.49. The van der Waals surface area contributed by atoms with Crippen molar-refractivity contribution in [2.45, 2.75) is 44.7 Å². The first-order valence-electron chi connectivity index (χ1n) is 6.86. The van der Waals surface area contributed by atoms with E-state index < -0.39 is 0 Å². The molecule has 0 bridgehead atoms. The third-order valence-electron chi connectivity index (χ3n) is 3.94. The molecule has 104 valence electrons. The molecule has 0 radical (unpaired) electrons. The molecule has 3 nitrogen and oxygen atoms in total. The van der Waals surface area contributed by atoms with Gasteiger partial charge in [0.15, 0.2) is 0 Å². The van der Waals surface area contributed by atoms with Crippen LogP contribution in [0.15, 0.2) is 24.3 Å². The summed E-state index contributed by atoms with van der Waals surface area (Å²) in [6.45, 7) is 1.95. The summed E-state index contributed by atoms with van der Waals surface area (Å²) in [5.74, 6) is -0.256. The van der Waals surface area contributed by atoms with Gasteiger partial charge in [0.1, 0.15) is 5.82 Å². The van der Waals surface area contributed by atoms with Crippen LogP contribution in [0.5, 0.6) is 0 Å². The maximum absolute atomic E-state index is 12.9. The number of carbonyl (C=O) groups excluding carboxylic acids is 1. The fraction of sp³-hybridized carbons (Fsp3) is 0.533. The molecule has 1 unspecified atom stereocenters. The van der Waals surface area contributed by atoms with E-state index in [1.807, 2.05) is 6.92 Å². The third kappa shape index (κ3) is 3.46. The second-order valence-corrected chi connectivity index (χ2v) is 5.27. The maximum Gasteiger partial charge on any atom is 0.317 e. The van der Waals surface area contributed by atoms with Gasteiger partial charge < -0.3 is 10.2 Å². The van der Waals surface area contributed by atoms with Crippen LogP contribution in [0.1, 0.15) is 44.2 Å². The molecule has 1 aromatic rings. The Hall–Kier alpha value is -1.58. The molecule has 1 aliphatic rings. The number of benzene rings is 1. The van der Waals surface area contributed by atoms with Crippen molar-refractivity contribution in [2.75, 3.05) is 7.05 Å². The van der Waals surface area contributed by atoms with Gasteiger partial charge in [-0.2, -0.15) is 0 Å². The van der Waals surface area contributed by atoms with Gasteiger partial charge in [-0.05, 0) is 37.5 Å². The van der Waals surface area contributed by atoms with Gasteiger partial charge in [0.25, 0.3) is 0 Å². The molecular weight excluding hydrogens is 243 g/mol. The highest BCUT2D eigenvalue weighted by molar-refractivity contribution is 5.74. The lowest BCUT2D eigenvalue weighted by molar-refractivity contribution is 0.190. The summed E-state index contributed by atoms with van der Waals surface area (Å²) in [4.78, 5) is 13.8. The van der Waals surface area contributed by atoms with E-state index in [-0.39, 0.29) is 17.9 Å². The predicted molar refractivity (Wildman–Crippen MR) is 73.4 cm³/mol. The fourth-order valence-electron chi connectivity index (χ4n) is 2.49. The first-order valence-corrected chi connectivity index (χ1v) is 6.86. The van der Waals surface area contributed by atoms with E-state index in [0.29, 0.717) is 6.04 Å². The van der Waals surface area contributed by atoms with Crippen LogP contribution in [0.2, 0.25) is 0 Å². The van der Waals surface area contributed by atoms with Crippen LogP contribution in [-0.2, 0) is 0 Å². The van der Waals surface area contributed by atoms with Crippen molar-refractivity contribution < 1.29 is 9.18 Å². The number of hydrogen-bond acceptors (Lipinski definition) is 1. The van der Waals surface area contributed by atoms with Gasteiger partial charge in [0.05, 0.1) is 6.04 Å². The summed E-state index contributed by atoms with van der Waals surface area (Å²) in [7, 11) is 1.78. The monoisotopic (exact) mass is 264 g/mol. The van der Waals surface area contributed by atoms with E-state index in [2.05, 4.69) is 5.32 Å². The Bertz CT molecular complexity index is 426. The second kappa shape index (κ2) is 6.04. The Balaban J connectivity index is 1.95. The molecule has 1 N–H and O–H groups in total. The molecule has 0 aromatic heterocycles. The zero-order valence-electron chi connectivity index (χ0n) is 11.5. The van der Waals surface area contributed by atoms with E-state index in [0.717, 1.165) is 18.4 Å². The van der Waals surface area contributed by atoms with Gasteiger partial charge in [-0.1, -0.05) is 25.0 Å². The van der Waals surface area contributed by atoms with Crippen molar-refractivity contribution in [3.63, 3.8) is 0 Å². The predicted octanol–water partition coefficient (Wildman–Crippen LogP) is 3.47. The smallest absolute Gasteiger partial charge is 0.317 e. The van der Waals surface area contributed by atoms with Crippen LogP contribution < -0.4 is 5.32 Å². The van der Waals surface area contributed by atoms with Gasteiger partial charge in [-0.3, -0.25) is 0 Å². The van der Waals surface area contributed by atoms with Gasteiger partial charge in [-0.25, -0.2) is 9.18 Å². The molecule has 19 heavy (non-hydrogen) atoms. The quantitative estimate of drug-likeness (QED) is 0.890. The van der Waals surface area contributed by atoms with E-state index in [1.165, 1.54) is 25.0 Å². The Morgan fingerprint density at radius 2 is 1.89 bits per heavy atom. The van der Waals surface area contributed by atoms with E-state index in [4.69, 9.17) is 0 Å². The number of nitrogens with zero attached hydrogens (tertiary/aromatic N) is 1. The molecular formula is C15H21FN2O. The normalized spacial score (nSPS) is 17.2. The second-order valence-electron chi connectivity index (χ2n) is 5.27. The maximum atomic E-state index is 12.9. The zero-order chi connectivity index (χ0) is 13.8. The van der Waals surface area contributed by atoms with Crippen LogP contribution in [0.3, 0.4) is 0 Å². The van der Waals surface area contributed by atoms with Crippen LogP contribution in [0.25, 0.3) is 0 Å². The van der Waals surface area contributed by atoms with Crippen molar-refractivity contribution in [1.82, 2.24) is 10.2 Å². The van der Waals surface area contributed by atoms with Crippen LogP contribution >= 0.6 is 0 Å². The molecule has 1 aliphatic carbocycles. The highest BCUT2D eigenvalue weighted by atomic mass is 19.1. The van der Waals surface area contributed by atoms with Crippen molar-refractivity contribution in [2.24, 2.45) is 0 Å². The topological polar surface area (TPSA) is 32.3 Å². The third-order valence-corrected chi connectivity index (χ3v) is 3.94. The number of hydrogen-bond donors (Lipinski definition) is 1. The van der Waals surface area contributed by atoms with Crippen molar-refractivity contribution in [1.29, 1.82) is 0 Å². The number of halogens is 1. The van der Waals surface area contributed by atoms with E-state index in [9.17, 15) is 9.18 Å². The Labute approximate surface area is 113 Å². The van der Waals surface area contributed by atoms with Crippen molar-refractivity contribution in [3.8, 4) is 0 Å². The summed E-state index contributed by atoms with van der Waals surface area (Å²) in [5.41, 5.74) is 0.936.